The van der Waals surface area contributed by atoms with E-state index in [1.807, 2.05) is 54.0 Å². The maximum Gasteiger partial charge on any atom is 0.260 e. The van der Waals surface area contributed by atoms with Gasteiger partial charge in [0.05, 0.1) is 17.2 Å². The van der Waals surface area contributed by atoms with Crippen molar-refractivity contribution >= 4 is 33.9 Å². The van der Waals surface area contributed by atoms with Gasteiger partial charge in [0.15, 0.2) is 5.43 Å². The summed E-state index contributed by atoms with van der Waals surface area (Å²) < 4.78 is 7.20. The van der Waals surface area contributed by atoms with E-state index in [0.717, 1.165) is 5.76 Å². The molecule has 4 rings (SSSR count). The lowest BCUT2D eigenvalue weighted by Gasteiger charge is -2.14. The maximum atomic E-state index is 12.7. The molecule has 1 amide bonds. The molecule has 2 aromatic heterocycles. The van der Waals surface area contributed by atoms with Crippen molar-refractivity contribution < 1.29 is 9.21 Å². The molecular formula is C21H17N3O3. The number of hydrogen-bond donors (Lipinski definition) is 1. The van der Waals surface area contributed by atoms with Crippen LogP contribution in [-0.2, 0) is 11.3 Å². The molecule has 134 valence electrons. The van der Waals surface area contributed by atoms with E-state index < -0.39 is 0 Å². The molecule has 0 spiro atoms. The standard InChI is InChI=1S/C21H17N3O3/c1-14-10-11-15(27-14)12-22-23-20(25)13-24-18-8-4-2-6-16(18)21(26)17-7-3-5-9-19(17)24/h2-12H,13H2,1H3,(H,23,25)/b22-12-. The molecule has 0 aliphatic heterocycles. The molecule has 0 fully saturated rings. The van der Waals surface area contributed by atoms with Gasteiger partial charge in [-0.3, -0.25) is 9.59 Å². The highest BCUT2D eigenvalue weighted by Crippen LogP contribution is 2.18. The second-order valence-electron chi connectivity index (χ2n) is 6.19. The summed E-state index contributed by atoms with van der Waals surface area (Å²) >= 11 is 0. The van der Waals surface area contributed by atoms with Crippen LogP contribution in [0.5, 0.6) is 0 Å². The Morgan fingerprint density at radius 3 is 2.26 bits per heavy atom. The van der Waals surface area contributed by atoms with Crippen molar-refractivity contribution in [2.24, 2.45) is 5.10 Å². The molecule has 0 unspecified atom stereocenters. The quantitative estimate of drug-likeness (QED) is 0.345. The molecule has 0 saturated carbocycles. The molecule has 27 heavy (non-hydrogen) atoms. The fourth-order valence-electron chi connectivity index (χ4n) is 3.12. The van der Waals surface area contributed by atoms with E-state index in [2.05, 4.69) is 10.5 Å². The second-order valence-corrected chi connectivity index (χ2v) is 6.19. The Morgan fingerprint density at radius 1 is 1.04 bits per heavy atom. The molecule has 0 saturated heterocycles. The van der Waals surface area contributed by atoms with Crippen LogP contribution >= 0.6 is 0 Å². The number of hydrazone groups is 1. The van der Waals surface area contributed by atoms with Crippen molar-refractivity contribution in [3.8, 4) is 0 Å². The smallest absolute Gasteiger partial charge is 0.260 e. The highest BCUT2D eigenvalue weighted by atomic mass is 16.3. The first-order valence-electron chi connectivity index (χ1n) is 8.52. The van der Waals surface area contributed by atoms with Crippen LogP contribution in [0.3, 0.4) is 0 Å². The van der Waals surface area contributed by atoms with Gasteiger partial charge in [-0.25, -0.2) is 5.43 Å². The third kappa shape index (κ3) is 3.25. The number of rotatable bonds is 4. The molecular weight excluding hydrogens is 342 g/mol. The van der Waals surface area contributed by atoms with Gasteiger partial charge in [0, 0.05) is 10.8 Å². The number of fused-ring (bicyclic) bond motifs is 2. The van der Waals surface area contributed by atoms with E-state index in [9.17, 15) is 9.59 Å². The Morgan fingerprint density at radius 2 is 1.67 bits per heavy atom. The Bertz CT molecular complexity index is 1170. The van der Waals surface area contributed by atoms with Crippen molar-refractivity contribution in [1.29, 1.82) is 0 Å². The molecule has 4 aromatic rings. The van der Waals surface area contributed by atoms with Crippen LogP contribution in [0.25, 0.3) is 21.8 Å². The van der Waals surface area contributed by atoms with Crippen LogP contribution in [0.1, 0.15) is 11.5 Å². The van der Waals surface area contributed by atoms with Gasteiger partial charge in [0.2, 0.25) is 0 Å². The van der Waals surface area contributed by atoms with Gasteiger partial charge in [0.1, 0.15) is 18.1 Å². The fraction of sp³-hybridized carbons (Fsp3) is 0.0952. The molecule has 0 bridgehead atoms. The molecule has 0 aliphatic carbocycles. The van der Waals surface area contributed by atoms with Crippen molar-refractivity contribution in [2.45, 2.75) is 13.5 Å². The van der Waals surface area contributed by atoms with E-state index in [1.54, 1.807) is 18.2 Å². The number of benzene rings is 2. The zero-order valence-corrected chi connectivity index (χ0v) is 14.7. The minimum absolute atomic E-state index is 0.0375. The van der Waals surface area contributed by atoms with Gasteiger partial charge < -0.3 is 8.98 Å². The number of nitrogens with zero attached hydrogens (tertiary/aromatic N) is 2. The summed E-state index contributed by atoms with van der Waals surface area (Å²) in [6, 6.07) is 18.2. The number of carbonyl (C=O) groups is 1. The average molecular weight is 359 g/mol. The highest BCUT2D eigenvalue weighted by Gasteiger charge is 2.12. The summed E-state index contributed by atoms with van der Waals surface area (Å²) in [7, 11) is 0. The minimum atomic E-state index is -0.298. The van der Waals surface area contributed by atoms with Crippen molar-refractivity contribution in [1.82, 2.24) is 9.99 Å². The fourth-order valence-corrected chi connectivity index (χ4v) is 3.12. The van der Waals surface area contributed by atoms with Crippen LogP contribution < -0.4 is 10.9 Å². The number of aryl methyl sites for hydroxylation is 1. The number of nitrogens with one attached hydrogen (secondary N) is 1. The number of furan rings is 1. The predicted molar refractivity (Wildman–Crippen MR) is 105 cm³/mol. The monoisotopic (exact) mass is 359 g/mol. The molecule has 1 N–H and O–H groups in total. The van der Waals surface area contributed by atoms with Crippen molar-refractivity contribution in [3.05, 3.63) is 82.4 Å². The van der Waals surface area contributed by atoms with Crippen LogP contribution in [0.2, 0.25) is 0 Å². The molecule has 0 atom stereocenters. The average Bonchev–Trinajstić information content (AvgIpc) is 3.10. The number of pyridine rings is 1. The zero-order valence-electron chi connectivity index (χ0n) is 14.7. The lowest BCUT2D eigenvalue weighted by atomic mass is 10.1. The van der Waals surface area contributed by atoms with E-state index in [0.29, 0.717) is 27.6 Å². The molecule has 6 heteroatoms. The van der Waals surface area contributed by atoms with Crippen molar-refractivity contribution in [2.75, 3.05) is 0 Å². The summed E-state index contributed by atoms with van der Waals surface area (Å²) in [4.78, 5) is 25.1. The van der Waals surface area contributed by atoms with Crippen molar-refractivity contribution in [3.63, 3.8) is 0 Å². The van der Waals surface area contributed by atoms with E-state index in [4.69, 9.17) is 4.42 Å². The zero-order chi connectivity index (χ0) is 18.8. The normalized spacial score (nSPS) is 11.4. The predicted octanol–water partition coefficient (Wildman–Crippen LogP) is 3.21. The largest absolute Gasteiger partial charge is 0.460 e. The van der Waals surface area contributed by atoms with Crippen LogP contribution in [-0.4, -0.2) is 16.7 Å². The Hall–Kier alpha value is -3.67. The van der Waals surface area contributed by atoms with Crippen LogP contribution in [0.15, 0.2) is 75.0 Å². The number of para-hydroxylation sites is 2. The molecule has 0 radical (unpaired) electrons. The van der Waals surface area contributed by atoms with E-state index in [-0.39, 0.29) is 17.9 Å². The molecule has 0 aliphatic rings. The number of carbonyl (C=O) groups excluding carboxylic acids is 1. The SMILES string of the molecule is Cc1ccc(/C=N\NC(=O)Cn2c3ccccc3c(=O)c3ccccc32)o1. The van der Waals surface area contributed by atoms with E-state index >= 15 is 0 Å². The van der Waals surface area contributed by atoms with Crippen LogP contribution in [0.4, 0.5) is 0 Å². The molecule has 2 heterocycles. The van der Waals surface area contributed by atoms with Gasteiger partial charge >= 0.3 is 0 Å². The number of aromatic nitrogens is 1. The number of hydrogen-bond acceptors (Lipinski definition) is 4. The lowest BCUT2D eigenvalue weighted by molar-refractivity contribution is -0.121. The van der Waals surface area contributed by atoms with E-state index in [1.165, 1.54) is 6.21 Å². The molecule has 6 nitrogen and oxygen atoms in total. The third-order valence-electron chi connectivity index (χ3n) is 4.32. The summed E-state index contributed by atoms with van der Waals surface area (Å²) in [6.07, 6.45) is 1.45. The van der Waals surface area contributed by atoms with Gasteiger partial charge in [-0.15, -0.1) is 0 Å². The lowest BCUT2D eigenvalue weighted by Crippen LogP contribution is -2.25. The first kappa shape index (κ1) is 16.8. The minimum Gasteiger partial charge on any atom is -0.460 e. The number of amides is 1. The summed E-state index contributed by atoms with van der Waals surface area (Å²) in [6.45, 7) is 1.87. The molecule has 2 aromatic carbocycles. The first-order chi connectivity index (χ1) is 13.1. The highest BCUT2D eigenvalue weighted by molar-refractivity contribution is 5.95. The van der Waals surface area contributed by atoms with Crippen LogP contribution in [0, 0.1) is 6.92 Å². The Kier molecular flexibility index (Phi) is 4.30. The summed E-state index contributed by atoms with van der Waals surface area (Å²) in [5, 5.41) is 5.10. The van der Waals surface area contributed by atoms with Gasteiger partial charge in [0.25, 0.3) is 5.91 Å². The summed E-state index contributed by atoms with van der Waals surface area (Å²) in [5.41, 5.74) is 3.89. The maximum absolute atomic E-state index is 12.7. The first-order valence-corrected chi connectivity index (χ1v) is 8.52. The Labute approximate surface area is 154 Å². The van der Waals surface area contributed by atoms with Gasteiger partial charge in [-0.1, -0.05) is 24.3 Å². The topological polar surface area (TPSA) is 76.6 Å². The summed E-state index contributed by atoms with van der Waals surface area (Å²) in [5.74, 6) is 1.04. The third-order valence-corrected chi connectivity index (χ3v) is 4.32. The second kappa shape index (κ2) is 6.92. The van der Waals surface area contributed by atoms with Gasteiger partial charge in [-0.2, -0.15) is 5.10 Å². The Balaban J connectivity index is 1.68. The van der Waals surface area contributed by atoms with Gasteiger partial charge in [-0.05, 0) is 43.3 Å².